The van der Waals surface area contributed by atoms with Crippen LogP contribution in [0, 0.1) is 6.92 Å². The van der Waals surface area contributed by atoms with Crippen molar-refractivity contribution in [3.8, 4) is 11.5 Å². The number of ether oxygens (including phenoxy) is 2. The van der Waals surface area contributed by atoms with Gasteiger partial charge in [0.25, 0.3) is 0 Å². The molecule has 1 aliphatic rings. The van der Waals surface area contributed by atoms with Crippen molar-refractivity contribution < 1.29 is 9.47 Å². The fraction of sp³-hybridized carbons (Fsp3) is 0.571. The lowest BCUT2D eigenvalue weighted by Crippen LogP contribution is -2.47. The van der Waals surface area contributed by atoms with Gasteiger partial charge in [0.05, 0.1) is 20.4 Å². The number of methoxy groups -OCH3 is 2. The third kappa shape index (κ3) is 3.00. The standard InChI is InChI=1S/C14H23N3O2/c1-10-8-11(18-2)9-12(19-3)13(10)14(15)17-6-4-16-5-7-17/h8-9,14,16H,4-7,15H2,1-3H3. The fourth-order valence-electron chi connectivity index (χ4n) is 2.54. The van der Waals surface area contributed by atoms with Gasteiger partial charge in [-0.15, -0.1) is 0 Å². The number of hydrogen-bond donors (Lipinski definition) is 2. The van der Waals surface area contributed by atoms with Crippen LogP contribution in [-0.2, 0) is 0 Å². The van der Waals surface area contributed by atoms with Gasteiger partial charge >= 0.3 is 0 Å². The zero-order valence-corrected chi connectivity index (χ0v) is 11.9. The molecule has 0 aromatic heterocycles. The van der Waals surface area contributed by atoms with Crippen molar-refractivity contribution in [3.05, 3.63) is 23.3 Å². The van der Waals surface area contributed by atoms with Crippen molar-refractivity contribution in [3.63, 3.8) is 0 Å². The maximum Gasteiger partial charge on any atom is 0.128 e. The van der Waals surface area contributed by atoms with Gasteiger partial charge in [-0.2, -0.15) is 0 Å². The van der Waals surface area contributed by atoms with E-state index in [2.05, 4.69) is 10.2 Å². The van der Waals surface area contributed by atoms with Gasteiger partial charge in [-0.1, -0.05) is 0 Å². The van der Waals surface area contributed by atoms with Gasteiger partial charge in [0, 0.05) is 37.8 Å². The van der Waals surface area contributed by atoms with Crippen molar-refractivity contribution in [2.45, 2.75) is 13.1 Å². The average molecular weight is 265 g/mol. The van der Waals surface area contributed by atoms with Crippen LogP contribution in [0.1, 0.15) is 17.3 Å². The van der Waals surface area contributed by atoms with Crippen LogP contribution in [0.3, 0.4) is 0 Å². The topological polar surface area (TPSA) is 59.8 Å². The monoisotopic (exact) mass is 265 g/mol. The minimum atomic E-state index is -0.136. The zero-order valence-electron chi connectivity index (χ0n) is 11.9. The molecule has 0 saturated carbocycles. The highest BCUT2D eigenvalue weighted by atomic mass is 16.5. The predicted octanol–water partition coefficient (Wildman–Crippen LogP) is 0.875. The molecule has 19 heavy (non-hydrogen) atoms. The van der Waals surface area contributed by atoms with Crippen LogP contribution in [0.15, 0.2) is 12.1 Å². The Morgan fingerprint density at radius 2 is 1.89 bits per heavy atom. The summed E-state index contributed by atoms with van der Waals surface area (Å²) in [6.45, 7) is 5.91. The van der Waals surface area contributed by atoms with E-state index in [0.717, 1.165) is 48.8 Å². The van der Waals surface area contributed by atoms with Gasteiger partial charge in [0.1, 0.15) is 11.5 Å². The first-order valence-corrected chi connectivity index (χ1v) is 6.60. The summed E-state index contributed by atoms with van der Waals surface area (Å²) in [6, 6.07) is 3.89. The van der Waals surface area contributed by atoms with Crippen LogP contribution in [0.2, 0.25) is 0 Å². The summed E-state index contributed by atoms with van der Waals surface area (Å²) in [7, 11) is 3.33. The van der Waals surface area contributed by atoms with Crippen LogP contribution in [-0.4, -0.2) is 45.3 Å². The van der Waals surface area contributed by atoms with E-state index in [4.69, 9.17) is 15.2 Å². The fourth-order valence-corrected chi connectivity index (χ4v) is 2.54. The number of rotatable bonds is 4. The summed E-state index contributed by atoms with van der Waals surface area (Å²) in [4.78, 5) is 2.27. The summed E-state index contributed by atoms with van der Waals surface area (Å²) in [5.74, 6) is 1.59. The molecule has 1 saturated heterocycles. The van der Waals surface area contributed by atoms with Crippen molar-refractivity contribution in [1.82, 2.24) is 10.2 Å². The number of nitrogens with zero attached hydrogens (tertiary/aromatic N) is 1. The predicted molar refractivity (Wildman–Crippen MR) is 75.7 cm³/mol. The molecular weight excluding hydrogens is 242 g/mol. The largest absolute Gasteiger partial charge is 0.497 e. The Labute approximate surface area is 114 Å². The first kappa shape index (κ1) is 14.1. The summed E-state index contributed by atoms with van der Waals surface area (Å²) < 4.78 is 10.8. The molecule has 3 N–H and O–H groups in total. The number of aryl methyl sites for hydroxylation is 1. The van der Waals surface area contributed by atoms with Crippen LogP contribution in [0.5, 0.6) is 11.5 Å². The Kier molecular flexibility index (Phi) is 4.63. The molecule has 0 aliphatic carbocycles. The molecule has 1 aromatic rings. The first-order chi connectivity index (χ1) is 9.17. The second kappa shape index (κ2) is 6.23. The molecule has 1 aromatic carbocycles. The van der Waals surface area contributed by atoms with E-state index in [9.17, 15) is 0 Å². The molecule has 1 aliphatic heterocycles. The summed E-state index contributed by atoms with van der Waals surface area (Å²) in [6.07, 6.45) is -0.136. The Morgan fingerprint density at radius 3 is 2.47 bits per heavy atom. The van der Waals surface area contributed by atoms with Crippen LogP contribution in [0.4, 0.5) is 0 Å². The molecule has 0 amide bonds. The maximum atomic E-state index is 6.42. The van der Waals surface area contributed by atoms with Gasteiger partial charge in [-0.05, 0) is 18.6 Å². The molecule has 0 radical (unpaired) electrons. The van der Waals surface area contributed by atoms with Gasteiger partial charge in [-0.25, -0.2) is 0 Å². The molecule has 2 rings (SSSR count). The lowest BCUT2D eigenvalue weighted by molar-refractivity contribution is 0.174. The highest BCUT2D eigenvalue weighted by Crippen LogP contribution is 2.33. The van der Waals surface area contributed by atoms with Crippen molar-refractivity contribution in [1.29, 1.82) is 0 Å². The third-order valence-corrected chi connectivity index (χ3v) is 3.62. The Hall–Kier alpha value is -1.30. The number of piperazine rings is 1. The molecule has 5 nitrogen and oxygen atoms in total. The van der Waals surface area contributed by atoms with E-state index in [1.807, 2.05) is 19.1 Å². The minimum Gasteiger partial charge on any atom is -0.497 e. The summed E-state index contributed by atoms with van der Waals surface area (Å²) in [5.41, 5.74) is 8.56. The lowest BCUT2D eigenvalue weighted by atomic mass is 10.0. The van der Waals surface area contributed by atoms with Gasteiger partial charge in [0.15, 0.2) is 0 Å². The van der Waals surface area contributed by atoms with E-state index in [-0.39, 0.29) is 6.17 Å². The normalized spacial score (nSPS) is 18.1. The van der Waals surface area contributed by atoms with Crippen LogP contribution >= 0.6 is 0 Å². The molecule has 1 heterocycles. The summed E-state index contributed by atoms with van der Waals surface area (Å²) in [5, 5.41) is 3.33. The third-order valence-electron chi connectivity index (χ3n) is 3.62. The van der Waals surface area contributed by atoms with Gasteiger partial charge < -0.3 is 20.5 Å². The minimum absolute atomic E-state index is 0.136. The number of benzene rings is 1. The van der Waals surface area contributed by atoms with Crippen LogP contribution < -0.4 is 20.5 Å². The second-order valence-corrected chi connectivity index (χ2v) is 4.79. The van der Waals surface area contributed by atoms with Crippen molar-refractivity contribution >= 4 is 0 Å². The lowest BCUT2D eigenvalue weighted by Gasteiger charge is -2.34. The molecule has 0 bridgehead atoms. The highest BCUT2D eigenvalue weighted by Gasteiger charge is 2.23. The Balaban J connectivity index is 2.31. The quantitative estimate of drug-likeness (QED) is 0.846. The first-order valence-electron chi connectivity index (χ1n) is 6.60. The molecule has 1 atom stereocenters. The smallest absolute Gasteiger partial charge is 0.128 e. The van der Waals surface area contributed by atoms with E-state index in [0.29, 0.717) is 0 Å². The SMILES string of the molecule is COc1cc(C)c(C(N)N2CCNCC2)c(OC)c1. The Bertz CT molecular complexity index is 431. The van der Waals surface area contributed by atoms with E-state index >= 15 is 0 Å². The number of nitrogens with two attached hydrogens (primary N) is 1. The second-order valence-electron chi connectivity index (χ2n) is 4.79. The van der Waals surface area contributed by atoms with Gasteiger partial charge in [0.2, 0.25) is 0 Å². The zero-order chi connectivity index (χ0) is 13.8. The number of hydrogen-bond acceptors (Lipinski definition) is 5. The van der Waals surface area contributed by atoms with E-state index < -0.39 is 0 Å². The van der Waals surface area contributed by atoms with Crippen molar-refractivity contribution in [2.24, 2.45) is 5.73 Å². The molecule has 1 unspecified atom stereocenters. The maximum absolute atomic E-state index is 6.42. The Morgan fingerprint density at radius 1 is 1.21 bits per heavy atom. The van der Waals surface area contributed by atoms with E-state index in [1.54, 1.807) is 14.2 Å². The number of nitrogens with one attached hydrogen (secondary N) is 1. The average Bonchev–Trinajstić information content (AvgIpc) is 2.46. The molecule has 1 fully saturated rings. The molecular formula is C14H23N3O2. The highest BCUT2D eigenvalue weighted by molar-refractivity contribution is 5.47. The summed E-state index contributed by atoms with van der Waals surface area (Å²) >= 11 is 0. The van der Waals surface area contributed by atoms with Crippen molar-refractivity contribution in [2.75, 3.05) is 40.4 Å². The molecule has 106 valence electrons. The van der Waals surface area contributed by atoms with Gasteiger partial charge in [-0.3, -0.25) is 4.90 Å². The van der Waals surface area contributed by atoms with Crippen LogP contribution in [0.25, 0.3) is 0 Å². The van der Waals surface area contributed by atoms with E-state index in [1.165, 1.54) is 0 Å². The molecule has 5 heteroatoms. The molecule has 0 spiro atoms.